The molecule has 6 nitrogen and oxygen atoms in total. The first-order valence-electron chi connectivity index (χ1n) is 8.50. The van der Waals surface area contributed by atoms with Gasteiger partial charge in [0.05, 0.1) is 7.11 Å². The fourth-order valence-corrected chi connectivity index (χ4v) is 2.21. The summed E-state index contributed by atoms with van der Waals surface area (Å²) in [6.07, 6.45) is 5.38. The van der Waals surface area contributed by atoms with Gasteiger partial charge in [0.15, 0.2) is 0 Å². The predicted octanol–water partition coefficient (Wildman–Crippen LogP) is 3.86. The topological polar surface area (TPSA) is 65.3 Å². The predicted molar refractivity (Wildman–Crippen MR) is 113 cm³/mol. The average Bonchev–Trinajstić information content (AvgIpc) is 2.76. The normalized spacial score (nSPS) is 8.79. The number of hydrogen-bond donors (Lipinski definition) is 0. The summed E-state index contributed by atoms with van der Waals surface area (Å²) in [7, 11) is 9.69. The van der Waals surface area contributed by atoms with Crippen molar-refractivity contribution in [3.05, 3.63) is 73.7 Å². The summed E-state index contributed by atoms with van der Waals surface area (Å²) in [5, 5.41) is 6.25. The molecule has 7 heteroatoms. The van der Waals surface area contributed by atoms with Crippen LogP contribution in [0, 0.1) is 17.9 Å². The van der Waals surface area contributed by atoms with Crippen molar-refractivity contribution >= 4 is 11.4 Å². The molecule has 0 saturated heterocycles. The van der Waals surface area contributed by atoms with Gasteiger partial charge in [-0.05, 0) is 23.9 Å². The third kappa shape index (κ3) is 8.73. The van der Waals surface area contributed by atoms with E-state index < -0.39 is 0 Å². The van der Waals surface area contributed by atoms with E-state index in [1.54, 1.807) is 25.7 Å². The quantitative estimate of drug-likeness (QED) is 0.446. The number of pyridine rings is 2. The number of nitrogens with zero attached hydrogens (tertiary/aromatic N) is 5. The number of methoxy groups -OCH3 is 1. The van der Waals surface area contributed by atoms with E-state index in [9.17, 15) is 0 Å². The standard InChI is InChI=1S/C14H15N2O.C7H10N2.CN.Ir/c1-16(2)12-7-8-15-14(10-12)11-5-4-6-13(9-11)17-3;1-9(2)7-3-5-8-6-4-7;1-2;/h4,6-10H,1-3H3;3-6H,1-2H3;;/q-1;;-1;. The summed E-state index contributed by atoms with van der Waals surface area (Å²) in [5.74, 6) is 0.816. The van der Waals surface area contributed by atoms with Crippen molar-refractivity contribution in [2.24, 2.45) is 0 Å². The van der Waals surface area contributed by atoms with Crippen LogP contribution in [-0.4, -0.2) is 45.3 Å². The van der Waals surface area contributed by atoms with E-state index in [1.807, 2.05) is 80.5 Å². The number of benzene rings is 1. The zero-order valence-corrected chi connectivity index (χ0v) is 19.6. The van der Waals surface area contributed by atoms with Gasteiger partial charge in [0.1, 0.15) is 0 Å². The summed E-state index contributed by atoms with van der Waals surface area (Å²) in [4.78, 5) is 12.3. The molecular formula is C22H25IrN5O-2. The molecule has 29 heavy (non-hydrogen) atoms. The van der Waals surface area contributed by atoms with Crippen molar-refractivity contribution in [2.45, 2.75) is 0 Å². The van der Waals surface area contributed by atoms with Crippen LogP contribution < -0.4 is 14.5 Å². The second-order valence-electron chi connectivity index (χ2n) is 6.04. The van der Waals surface area contributed by atoms with Gasteiger partial charge >= 0.3 is 0 Å². The van der Waals surface area contributed by atoms with Gasteiger partial charge in [-0.25, -0.2) is 0 Å². The summed E-state index contributed by atoms with van der Waals surface area (Å²) in [6.45, 7) is 4.75. The Labute approximate surface area is 187 Å². The number of hydrogen-bond acceptors (Lipinski definition) is 6. The minimum Gasteiger partial charge on any atom is -0.516 e. The Morgan fingerprint density at radius 1 is 0.897 bits per heavy atom. The molecule has 0 bridgehead atoms. The van der Waals surface area contributed by atoms with Crippen LogP contribution >= 0.6 is 0 Å². The summed E-state index contributed by atoms with van der Waals surface area (Å²) in [5.41, 5.74) is 4.14. The second-order valence-corrected chi connectivity index (χ2v) is 6.04. The van der Waals surface area contributed by atoms with Crippen LogP contribution in [0.5, 0.6) is 5.75 Å². The molecule has 0 saturated carbocycles. The van der Waals surface area contributed by atoms with E-state index in [0.717, 1.165) is 22.7 Å². The maximum Gasteiger partial charge on any atom is 0.0751 e. The van der Waals surface area contributed by atoms with Crippen molar-refractivity contribution in [1.82, 2.24) is 9.97 Å². The molecule has 0 N–H and O–H groups in total. The van der Waals surface area contributed by atoms with E-state index in [-0.39, 0.29) is 20.1 Å². The second kappa shape index (κ2) is 14.1. The molecular weight excluding hydrogens is 542 g/mol. The van der Waals surface area contributed by atoms with Gasteiger partial charge in [0.2, 0.25) is 0 Å². The molecule has 155 valence electrons. The van der Waals surface area contributed by atoms with E-state index in [0.29, 0.717) is 0 Å². The minimum absolute atomic E-state index is 0. The van der Waals surface area contributed by atoms with Crippen molar-refractivity contribution in [1.29, 1.82) is 5.26 Å². The van der Waals surface area contributed by atoms with Crippen molar-refractivity contribution in [2.75, 3.05) is 45.1 Å². The third-order valence-corrected chi connectivity index (χ3v) is 3.72. The summed E-state index contributed by atoms with van der Waals surface area (Å²) >= 11 is 0. The first-order chi connectivity index (χ1) is 13.5. The molecule has 0 aliphatic heterocycles. The molecule has 0 atom stereocenters. The SMILES string of the molecule is CN(C)c1ccncc1.COc1cc[c-]c(-c2cc(N(C)C)ccn2)c1.[C-]#N.[Ir]. The van der Waals surface area contributed by atoms with Crippen molar-refractivity contribution < 1.29 is 24.8 Å². The first kappa shape index (κ1) is 26.1. The Morgan fingerprint density at radius 3 is 2.00 bits per heavy atom. The van der Waals surface area contributed by atoms with E-state index in [2.05, 4.69) is 16.0 Å². The van der Waals surface area contributed by atoms with Crippen LogP contribution in [0.25, 0.3) is 11.3 Å². The van der Waals surface area contributed by atoms with Crippen LogP contribution in [0.1, 0.15) is 0 Å². The zero-order valence-electron chi connectivity index (χ0n) is 17.3. The monoisotopic (exact) mass is 568 g/mol. The molecule has 3 aromatic rings. The Hall–Kier alpha value is -2.94. The van der Waals surface area contributed by atoms with E-state index in [1.165, 1.54) is 5.69 Å². The molecule has 0 fully saturated rings. The molecule has 0 amide bonds. The number of ether oxygens (including phenoxy) is 1. The molecule has 0 aliphatic carbocycles. The van der Waals surface area contributed by atoms with Crippen LogP contribution in [0.3, 0.4) is 0 Å². The molecule has 3 rings (SSSR count). The van der Waals surface area contributed by atoms with Gasteiger partial charge in [0, 0.05) is 84.0 Å². The molecule has 0 spiro atoms. The largest absolute Gasteiger partial charge is 0.516 e. The van der Waals surface area contributed by atoms with Crippen molar-refractivity contribution in [3.63, 3.8) is 0 Å². The van der Waals surface area contributed by atoms with Gasteiger partial charge in [-0.2, -0.15) is 0 Å². The maximum absolute atomic E-state index is 6.25. The first-order valence-corrected chi connectivity index (χ1v) is 8.50. The molecule has 0 aliphatic rings. The van der Waals surface area contributed by atoms with Crippen LogP contribution in [0.15, 0.2) is 61.1 Å². The molecule has 1 aromatic carbocycles. The Morgan fingerprint density at radius 2 is 1.48 bits per heavy atom. The Bertz CT molecular complexity index is 854. The van der Waals surface area contributed by atoms with Crippen LogP contribution in [0.2, 0.25) is 0 Å². The molecule has 0 unspecified atom stereocenters. The fraction of sp³-hybridized carbons (Fsp3) is 0.227. The Balaban J connectivity index is 0.000000556. The Kier molecular flexibility index (Phi) is 12.7. The van der Waals surface area contributed by atoms with Gasteiger partial charge in [-0.1, -0.05) is 6.07 Å². The number of aromatic nitrogens is 2. The zero-order chi connectivity index (χ0) is 20.9. The minimum atomic E-state index is 0. The van der Waals surface area contributed by atoms with Gasteiger partial charge in [-0.15, -0.1) is 29.8 Å². The van der Waals surface area contributed by atoms with Crippen molar-refractivity contribution in [3.8, 4) is 17.0 Å². The summed E-state index contributed by atoms with van der Waals surface area (Å²) < 4.78 is 5.20. The summed E-state index contributed by atoms with van der Waals surface area (Å²) in [6, 6.07) is 16.8. The van der Waals surface area contributed by atoms with Crippen LogP contribution in [0.4, 0.5) is 11.4 Å². The molecule has 2 heterocycles. The molecule has 2 aromatic heterocycles. The average molecular weight is 568 g/mol. The third-order valence-electron chi connectivity index (χ3n) is 3.72. The van der Waals surface area contributed by atoms with E-state index in [4.69, 9.17) is 16.6 Å². The molecule has 1 radical (unpaired) electrons. The number of rotatable bonds is 4. The van der Waals surface area contributed by atoms with Crippen LogP contribution in [-0.2, 0) is 20.1 Å². The van der Waals surface area contributed by atoms with Gasteiger partial charge in [-0.3, -0.25) is 4.98 Å². The van der Waals surface area contributed by atoms with Gasteiger partial charge < -0.3 is 31.4 Å². The maximum atomic E-state index is 6.25. The van der Waals surface area contributed by atoms with E-state index >= 15 is 0 Å². The fourth-order valence-electron chi connectivity index (χ4n) is 2.21. The number of anilines is 2. The smallest absolute Gasteiger partial charge is 0.0751 e. The van der Waals surface area contributed by atoms with Gasteiger partial charge in [0.25, 0.3) is 0 Å².